The van der Waals surface area contributed by atoms with Crippen molar-refractivity contribution in [3.8, 4) is 5.88 Å². The molecule has 2 N–H and O–H groups in total. The van der Waals surface area contributed by atoms with E-state index in [9.17, 15) is 0 Å². The Hall–Kier alpha value is -0.880. The number of methoxy groups -OCH3 is 1. The normalized spacial score (nSPS) is 30.3. The third-order valence-electron chi connectivity index (χ3n) is 4.33. The van der Waals surface area contributed by atoms with E-state index < -0.39 is 0 Å². The molecule has 1 aromatic rings. The molecule has 2 heterocycles. The number of ether oxygens (including phenoxy) is 1. The smallest absolute Gasteiger partial charge is 0.232 e. The van der Waals surface area contributed by atoms with Gasteiger partial charge in [0.25, 0.3) is 0 Å². The standard InChI is InChI=1S/C13H19BrN4O/c1-19-12-10(14)5-16-13(17-12)18-6-8-3-2-4-11(15)9(8)7-18/h5,8-9,11H,2-4,6-7,15H2,1H3. The van der Waals surface area contributed by atoms with Crippen LogP contribution >= 0.6 is 15.9 Å². The molecule has 2 aliphatic rings. The predicted molar refractivity (Wildman–Crippen MR) is 77.3 cm³/mol. The van der Waals surface area contributed by atoms with Gasteiger partial charge in [0.05, 0.1) is 17.8 Å². The first-order chi connectivity index (χ1) is 9.19. The van der Waals surface area contributed by atoms with Crippen molar-refractivity contribution in [1.82, 2.24) is 9.97 Å². The van der Waals surface area contributed by atoms with Crippen molar-refractivity contribution in [2.75, 3.05) is 25.1 Å². The van der Waals surface area contributed by atoms with E-state index in [1.54, 1.807) is 13.3 Å². The van der Waals surface area contributed by atoms with Crippen molar-refractivity contribution in [2.24, 2.45) is 17.6 Å². The second kappa shape index (κ2) is 5.25. The second-order valence-corrected chi connectivity index (χ2v) is 6.31. The fourth-order valence-electron chi connectivity index (χ4n) is 3.32. The molecule has 19 heavy (non-hydrogen) atoms. The summed E-state index contributed by atoms with van der Waals surface area (Å²) in [6.07, 6.45) is 5.44. The van der Waals surface area contributed by atoms with Crippen LogP contribution in [0.2, 0.25) is 0 Å². The molecule has 1 saturated heterocycles. The summed E-state index contributed by atoms with van der Waals surface area (Å²) < 4.78 is 6.02. The van der Waals surface area contributed by atoms with Gasteiger partial charge in [-0.15, -0.1) is 0 Å². The van der Waals surface area contributed by atoms with Gasteiger partial charge in [0.2, 0.25) is 11.8 Å². The van der Waals surface area contributed by atoms with Gasteiger partial charge in [-0.05, 0) is 40.6 Å². The lowest BCUT2D eigenvalue weighted by molar-refractivity contribution is 0.260. The fourth-order valence-corrected chi connectivity index (χ4v) is 3.67. The van der Waals surface area contributed by atoms with Crippen molar-refractivity contribution in [2.45, 2.75) is 25.3 Å². The van der Waals surface area contributed by atoms with Gasteiger partial charge in [-0.25, -0.2) is 4.98 Å². The van der Waals surface area contributed by atoms with Gasteiger partial charge in [0.15, 0.2) is 0 Å². The van der Waals surface area contributed by atoms with Crippen LogP contribution < -0.4 is 15.4 Å². The van der Waals surface area contributed by atoms with E-state index >= 15 is 0 Å². The first-order valence-corrected chi connectivity index (χ1v) is 7.55. The van der Waals surface area contributed by atoms with Gasteiger partial charge < -0.3 is 15.4 Å². The molecule has 1 aromatic heterocycles. The number of hydrogen-bond donors (Lipinski definition) is 1. The van der Waals surface area contributed by atoms with Crippen molar-refractivity contribution in [3.63, 3.8) is 0 Å². The van der Waals surface area contributed by atoms with E-state index in [2.05, 4.69) is 30.8 Å². The number of nitrogens with two attached hydrogens (primary N) is 1. The average molecular weight is 327 g/mol. The molecule has 0 spiro atoms. The summed E-state index contributed by atoms with van der Waals surface area (Å²) in [7, 11) is 1.62. The zero-order valence-corrected chi connectivity index (χ0v) is 12.6. The van der Waals surface area contributed by atoms with Gasteiger partial charge >= 0.3 is 0 Å². The fraction of sp³-hybridized carbons (Fsp3) is 0.692. The third kappa shape index (κ3) is 2.43. The molecule has 1 aliphatic heterocycles. The number of anilines is 1. The van der Waals surface area contributed by atoms with Crippen LogP contribution in [-0.2, 0) is 0 Å². The van der Waals surface area contributed by atoms with E-state index in [1.807, 2.05) is 0 Å². The van der Waals surface area contributed by atoms with Crippen LogP contribution in [-0.4, -0.2) is 36.2 Å². The summed E-state index contributed by atoms with van der Waals surface area (Å²) in [5, 5.41) is 0. The Bertz CT molecular complexity index is 470. The lowest BCUT2D eigenvalue weighted by Gasteiger charge is -2.29. The molecule has 1 aliphatic carbocycles. The molecule has 0 radical (unpaired) electrons. The Balaban J connectivity index is 1.80. The molecular formula is C13H19BrN4O. The number of aromatic nitrogens is 2. The van der Waals surface area contributed by atoms with E-state index in [-0.39, 0.29) is 0 Å². The lowest BCUT2D eigenvalue weighted by atomic mass is 9.78. The summed E-state index contributed by atoms with van der Waals surface area (Å²) in [5.74, 6) is 2.62. The zero-order valence-electron chi connectivity index (χ0n) is 11.1. The Morgan fingerprint density at radius 3 is 3.00 bits per heavy atom. The first-order valence-electron chi connectivity index (χ1n) is 6.76. The second-order valence-electron chi connectivity index (χ2n) is 5.45. The maximum absolute atomic E-state index is 6.24. The van der Waals surface area contributed by atoms with Crippen LogP contribution in [0.25, 0.3) is 0 Å². The van der Waals surface area contributed by atoms with Crippen molar-refractivity contribution >= 4 is 21.9 Å². The number of fused-ring (bicyclic) bond motifs is 1. The Labute approximate surface area is 121 Å². The lowest BCUT2D eigenvalue weighted by Crippen LogP contribution is -2.38. The highest BCUT2D eigenvalue weighted by Gasteiger charge is 2.39. The number of nitrogens with zero attached hydrogens (tertiary/aromatic N) is 3. The molecule has 5 nitrogen and oxygen atoms in total. The maximum Gasteiger partial charge on any atom is 0.232 e. The van der Waals surface area contributed by atoms with Gasteiger partial charge in [-0.3, -0.25) is 0 Å². The SMILES string of the molecule is COc1nc(N2CC3CCCC(N)C3C2)ncc1Br. The molecule has 0 bridgehead atoms. The molecule has 6 heteroatoms. The molecular weight excluding hydrogens is 308 g/mol. The van der Waals surface area contributed by atoms with Gasteiger partial charge in [-0.1, -0.05) is 6.42 Å². The minimum absolute atomic E-state index is 0.334. The minimum Gasteiger partial charge on any atom is -0.480 e. The Morgan fingerprint density at radius 1 is 1.42 bits per heavy atom. The Morgan fingerprint density at radius 2 is 2.26 bits per heavy atom. The number of rotatable bonds is 2. The number of halogens is 1. The quantitative estimate of drug-likeness (QED) is 0.897. The molecule has 0 aromatic carbocycles. The molecule has 3 rings (SSSR count). The van der Waals surface area contributed by atoms with E-state index in [4.69, 9.17) is 10.5 Å². The van der Waals surface area contributed by atoms with E-state index in [0.717, 1.165) is 29.9 Å². The van der Waals surface area contributed by atoms with Crippen LogP contribution in [0.5, 0.6) is 5.88 Å². The molecule has 3 atom stereocenters. The Kier molecular flexibility index (Phi) is 3.62. The van der Waals surface area contributed by atoms with Crippen molar-refractivity contribution < 1.29 is 4.74 Å². The molecule has 104 valence electrons. The maximum atomic E-state index is 6.24. The van der Waals surface area contributed by atoms with Gasteiger partial charge in [0.1, 0.15) is 0 Å². The topological polar surface area (TPSA) is 64.3 Å². The van der Waals surface area contributed by atoms with Crippen LogP contribution in [0.1, 0.15) is 19.3 Å². The highest BCUT2D eigenvalue weighted by molar-refractivity contribution is 9.10. The number of hydrogen-bond acceptors (Lipinski definition) is 5. The average Bonchev–Trinajstić information content (AvgIpc) is 2.85. The van der Waals surface area contributed by atoms with E-state index in [1.165, 1.54) is 12.8 Å². The third-order valence-corrected chi connectivity index (χ3v) is 4.87. The largest absolute Gasteiger partial charge is 0.480 e. The summed E-state index contributed by atoms with van der Waals surface area (Å²) in [5.41, 5.74) is 6.24. The van der Waals surface area contributed by atoms with Gasteiger partial charge in [-0.2, -0.15) is 4.98 Å². The minimum atomic E-state index is 0.334. The van der Waals surface area contributed by atoms with Crippen LogP contribution in [0.4, 0.5) is 5.95 Å². The van der Waals surface area contributed by atoms with Crippen molar-refractivity contribution in [1.29, 1.82) is 0 Å². The summed E-state index contributed by atoms with van der Waals surface area (Å²) in [6.45, 7) is 1.99. The van der Waals surface area contributed by atoms with Crippen LogP contribution in [0, 0.1) is 11.8 Å². The van der Waals surface area contributed by atoms with Crippen LogP contribution in [0.15, 0.2) is 10.7 Å². The molecule has 3 unspecified atom stereocenters. The highest BCUT2D eigenvalue weighted by Crippen LogP contribution is 2.37. The predicted octanol–water partition coefficient (Wildman–Crippen LogP) is 1.81. The summed E-state index contributed by atoms with van der Waals surface area (Å²) >= 11 is 3.38. The summed E-state index contributed by atoms with van der Waals surface area (Å²) in [6, 6.07) is 0.334. The van der Waals surface area contributed by atoms with Crippen molar-refractivity contribution in [3.05, 3.63) is 10.7 Å². The summed E-state index contributed by atoms with van der Waals surface area (Å²) in [4.78, 5) is 11.1. The van der Waals surface area contributed by atoms with Crippen LogP contribution in [0.3, 0.4) is 0 Å². The first kappa shape index (κ1) is 13.1. The molecule has 0 amide bonds. The van der Waals surface area contributed by atoms with E-state index in [0.29, 0.717) is 23.8 Å². The highest BCUT2D eigenvalue weighted by atomic mass is 79.9. The van der Waals surface area contributed by atoms with Gasteiger partial charge in [0, 0.05) is 19.1 Å². The molecule has 2 fully saturated rings. The monoisotopic (exact) mass is 326 g/mol. The zero-order chi connectivity index (χ0) is 13.4. The molecule has 1 saturated carbocycles.